The van der Waals surface area contributed by atoms with Gasteiger partial charge >= 0.3 is 0 Å². The number of nitrogens with zero attached hydrogens (tertiary/aromatic N) is 3. The van der Waals surface area contributed by atoms with Gasteiger partial charge < -0.3 is 9.47 Å². The molecule has 4 rings (SSSR count). The van der Waals surface area contributed by atoms with Crippen molar-refractivity contribution in [2.45, 2.75) is 19.1 Å². The van der Waals surface area contributed by atoms with E-state index in [-0.39, 0.29) is 11.1 Å². The fourth-order valence-corrected chi connectivity index (χ4v) is 4.63. The number of halogens is 1. The Kier molecular flexibility index (Phi) is 4.85. The van der Waals surface area contributed by atoms with Crippen molar-refractivity contribution in [2.24, 2.45) is 4.99 Å². The Morgan fingerprint density at radius 3 is 2.46 bits per heavy atom. The average Bonchev–Trinajstić information content (AvgIpc) is 3.03. The lowest BCUT2D eigenvalue weighted by atomic mass is 10.0. The van der Waals surface area contributed by atoms with Crippen LogP contribution in [0, 0.1) is 12.7 Å². The summed E-state index contributed by atoms with van der Waals surface area (Å²) in [7, 11) is 3.27. The minimum absolute atomic E-state index is 0.0354. The summed E-state index contributed by atoms with van der Waals surface area (Å²) in [6, 6.07) is 12.1. The van der Waals surface area contributed by atoms with E-state index in [1.165, 1.54) is 12.1 Å². The molecule has 0 amide bonds. The Labute approximate surface area is 167 Å². The summed E-state index contributed by atoms with van der Waals surface area (Å²) < 4.78 is 26.3. The first kappa shape index (κ1) is 18.6. The lowest BCUT2D eigenvalue weighted by Gasteiger charge is -2.24. The number of thioether (sulfide) groups is 1. The molecule has 0 aliphatic carbocycles. The third-order valence-electron chi connectivity index (χ3n) is 4.68. The van der Waals surface area contributed by atoms with Gasteiger partial charge in [0.1, 0.15) is 5.82 Å². The van der Waals surface area contributed by atoms with Crippen LogP contribution in [-0.4, -0.2) is 29.0 Å². The van der Waals surface area contributed by atoms with Crippen molar-refractivity contribution in [1.82, 2.24) is 9.78 Å². The number of benzene rings is 2. The zero-order valence-corrected chi connectivity index (χ0v) is 16.9. The fraction of sp³-hybridized carbons (Fsp3) is 0.238. The van der Waals surface area contributed by atoms with E-state index >= 15 is 0 Å². The minimum atomic E-state index is -0.282. The lowest BCUT2D eigenvalue weighted by Crippen LogP contribution is -2.08. The number of fused-ring (bicyclic) bond motifs is 1. The molecule has 1 aliphatic rings. The van der Waals surface area contributed by atoms with Crippen molar-refractivity contribution >= 4 is 22.6 Å². The Morgan fingerprint density at radius 1 is 1.04 bits per heavy atom. The molecule has 0 saturated heterocycles. The number of ether oxygens (including phenoxy) is 2. The second-order valence-corrected chi connectivity index (χ2v) is 7.72. The number of methoxy groups -OCH3 is 2. The molecule has 0 unspecified atom stereocenters. The molecule has 3 aromatic rings. The van der Waals surface area contributed by atoms with Crippen molar-refractivity contribution in [3.63, 3.8) is 0 Å². The van der Waals surface area contributed by atoms with Gasteiger partial charge in [-0.05, 0) is 44.2 Å². The Hall–Kier alpha value is -2.80. The molecule has 7 heteroatoms. The molecular formula is C21H20FN3O2S. The Morgan fingerprint density at radius 2 is 1.79 bits per heavy atom. The summed E-state index contributed by atoms with van der Waals surface area (Å²) in [5.74, 6) is 1.87. The number of aliphatic imine (C=N–C) groups is 1. The van der Waals surface area contributed by atoms with Gasteiger partial charge in [0.05, 0.1) is 35.9 Å². The van der Waals surface area contributed by atoms with Gasteiger partial charge in [-0.15, -0.1) is 0 Å². The van der Waals surface area contributed by atoms with E-state index in [4.69, 9.17) is 19.6 Å². The Balaban J connectivity index is 1.90. The molecule has 144 valence electrons. The van der Waals surface area contributed by atoms with E-state index in [0.29, 0.717) is 11.5 Å². The van der Waals surface area contributed by atoms with Crippen LogP contribution in [0.3, 0.4) is 0 Å². The fourth-order valence-electron chi connectivity index (χ4n) is 3.45. The molecular weight excluding hydrogens is 377 g/mol. The van der Waals surface area contributed by atoms with E-state index < -0.39 is 0 Å². The van der Waals surface area contributed by atoms with Crippen LogP contribution in [0.4, 0.5) is 10.2 Å². The summed E-state index contributed by atoms with van der Waals surface area (Å²) in [5.41, 5.74) is 3.67. The maximum atomic E-state index is 13.4. The van der Waals surface area contributed by atoms with Crippen LogP contribution in [0.1, 0.15) is 29.0 Å². The molecule has 2 heterocycles. The Bertz CT molecular complexity index is 1060. The van der Waals surface area contributed by atoms with Gasteiger partial charge in [0.2, 0.25) is 0 Å². The van der Waals surface area contributed by atoms with Crippen LogP contribution < -0.4 is 9.47 Å². The first-order valence-electron chi connectivity index (χ1n) is 8.81. The quantitative estimate of drug-likeness (QED) is 0.605. The number of para-hydroxylation sites is 1. The van der Waals surface area contributed by atoms with Crippen molar-refractivity contribution < 1.29 is 13.9 Å². The SMILES string of the molecule is COc1cccc([C@@H]2SC(C)=Nc3c2c(C)nn3-c2ccc(F)cc2)c1OC. The maximum Gasteiger partial charge on any atom is 0.165 e. The molecule has 0 bridgehead atoms. The number of hydrogen-bond acceptors (Lipinski definition) is 5. The molecule has 0 fully saturated rings. The van der Waals surface area contributed by atoms with Crippen LogP contribution in [-0.2, 0) is 0 Å². The van der Waals surface area contributed by atoms with E-state index in [1.807, 2.05) is 32.0 Å². The second kappa shape index (κ2) is 7.31. The number of aromatic nitrogens is 2. The zero-order valence-electron chi connectivity index (χ0n) is 16.1. The van der Waals surface area contributed by atoms with Gasteiger partial charge in [0.15, 0.2) is 17.3 Å². The van der Waals surface area contributed by atoms with Gasteiger partial charge in [-0.3, -0.25) is 0 Å². The van der Waals surface area contributed by atoms with E-state index in [0.717, 1.165) is 33.4 Å². The van der Waals surface area contributed by atoms with Gasteiger partial charge in [-0.2, -0.15) is 5.10 Å². The van der Waals surface area contributed by atoms with E-state index in [9.17, 15) is 4.39 Å². The molecule has 1 aromatic heterocycles. The monoisotopic (exact) mass is 397 g/mol. The molecule has 0 spiro atoms. The van der Waals surface area contributed by atoms with E-state index in [1.54, 1.807) is 42.8 Å². The molecule has 1 atom stereocenters. The molecule has 0 radical (unpaired) electrons. The lowest BCUT2D eigenvalue weighted by molar-refractivity contribution is 0.352. The predicted octanol–water partition coefficient (Wildman–Crippen LogP) is 5.22. The van der Waals surface area contributed by atoms with Gasteiger partial charge in [0.25, 0.3) is 0 Å². The molecule has 28 heavy (non-hydrogen) atoms. The number of aryl methyl sites for hydroxylation is 1. The van der Waals surface area contributed by atoms with Crippen LogP contribution in [0.25, 0.3) is 5.69 Å². The smallest absolute Gasteiger partial charge is 0.165 e. The predicted molar refractivity (Wildman–Crippen MR) is 110 cm³/mol. The summed E-state index contributed by atoms with van der Waals surface area (Å²) in [4.78, 5) is 4.75. The van der Waals surface area contributed by atoms with Crippen LogP contribution in [0.15, 0.2) is 47.5 Å². The van der Waals surface area contributed by atoms with Crippen molar-refractivity contribution in [1.29, 1.82) is 0 Å². The van der Waals surface area contributed by atoms with E-state index in [2.05, 4.69) is 0 Å². The highest BCUT2D eigenvalue weighted by Crippen LogP contribution is 2.51. The largest absolute Gasteiger partial charge is 0.493 e. The standard InChI is InChI=1S/C21H20FN3O2S/c1-12-18-20(16-6-5-7-17(26-3)19(16)27-4)28-13(2)23-21(18)25(24-12)15-10-8-14(22)9-11-15/h5-11,20H,1-4H3/t20-/m0/s1. The normalized spacial score (nSPS) is 15.8. The third kappa shape index (κ3) is 3.05. The van der Waals surface area contributed by atoms with Gasteiger partial charge in [-0.25, -0.2) is 14.1 Å². The highest BCUT2D eigenvalue weighted by atomic mass is 32.2. The second-order valence-electron chi connectivity index (χ2n) is 6.42. The number of rotatable bonds is 4. The molecule has 1 aliphatic heterocycles. The maximum absolute atomic E-state index is 13.4. The minimum Gasteiger partial charge on any atom is -0.493 e. The highest BCUT2D eigenvalue weighted by Gasteiger charge is 2.32. The van der Waals surface area contributed by atoms with Crippen LogP contribution >= 0.6 is 11.8 Å². The topological polar surface area (TPSA) is 48.6 Å². The van der Waals surface area contributed by atoms with Crippen LogP contribution in [0.5, 0.6) is 11.5 Å². The van der Waals surface area contributed by atoms with Gasteiger partial charge in [0, 0.05) is 11.1 Å². The van der Waals surface area contributed by atoms with Crippen molar-refractivity contribution in [2.75, 3.05) is 14.2 Å². The van der Waals surface area contributed by atoms with Crippen molar-refractivity contribution in [3.05, 3.63) is 65.1 Å². The average molecular weight is 397 g/mol. The molecule has 0 N–H and O–H groups in total. The summed E-state index contributed by atoms with van der Waals surface area (Å²) in [6.07, 6.45) is 0. The third-order valence-corrected chi connectivity index (χ3v) is 5.84. The summed E-state index contributed by atoms with van der Waals surface area (Å²) >= 11 is 1.66. The molecule has 2 aromatic carbocycles. The molecule has 0 saturated carbocycles. The first-order chi connectivity index (χ1) is 13.5. The number of hydrogen-bond donors (Lipinski definition) is 0. The summed E-state index contributed by atoms with van der Waals surface area (Å²) in [5, 5.41) is 5.59. The summed E-state index contributed by atoms with van der Waals surface area (Å²) in [6.45, 7) is 3.94. The molecule has 5 nitrogen and oxygen atoms in total. The van der Waals surface area contributed by atoms with Crippen molar-refractivity contribution in [3.8, 4) is 17.2 Å². The van der Waals surface area contributed by atoms with Crippen LogP contribution in [0.2, 0.25) is 0 Å². The zero-order chi connectivity index (χ0) is 19.8. The highest BCUT2D eigenvalue weighted by molar-refractivity contribution is 8.14. The van der Waals surface area contributed by atoms with Gasteiger partial charge in [-0.1, -0.05) is 23.9 Å². The first-order valence-corrected chi connectivity index (χ1v) is 9.69.